The minimum Gasteiger partial charge on any atom is -0.348 e. The molecule has 5 nitrogen and oxygen atoms in total. The van der Waals surface area contributed by atoms with Gasteiger partial charge in [-0.3, -0.25) is 9.69 Å². The highest BCUT2D eigenvalue weighted by Gasteiger charge is 2.31. The number of likely N-dealkylation sites (N-methyl/N-ethyl adjacent to an activating group) is 1. The number of hydrogen-bond acceptors (Lipinski definition) is 4. The van der Waals surface area contributed by atoms with E-state index in [0.717, 1.165) is 16.7 Å². The third-order valence-corrected chi connectivity index (χ3v) is 6.87. The van der Waals surface area contributed by atoms with Gasteiger partial charge in [0.25, 0.3) is 0 Å². The van der Waals surface area contributed by atoms with Crippen molar-refractivity contribution < 1.29 is 13.2 Å². The molecule has 0 bridgehead atoms. The van der Waals surface area contributed by atoms with Crippen LogP contribution in [-0.4, -0.2) is 50.4 Å². The molecule has 1 aliphatic heterocycles. The van der Waals surface area contributed by atoms with E-state index in [1.54, 1.807) is 0 Å². The summed E-state index contributed by atoms with van der Waals surface area (Å²) in [6.45, 7) is 2.15. The van der Waals surface area contributed by atoms with Gasteiger partial charge >= 0.3 is 0 Å². The summed E-state index contributed by atoms with van der Waals surface area (Å²) in [5, 5.41) is 3.00. The molecule has 3 rings (SSSR count). The number of carbonyl (C=O) groups excluding carboxylic acids is 1. The number of nitrogens with zero attached hydrogens (tertiary/aromatic N) is 1. The molecule has 0 saturated carbocycles. The van der Waals surface area contributed by atoms with Crippen molar-refractivity contribution in [1.29, 1.82) is 0 Å². The molecule has 0 spiro atoms. The van der Waals surface area contributed by atoms with Gasteiger partial charge in [0.1, 0.15) is 0 Å². The van der Waals surface area contributed by atoms with Gasteiger partial charge in [0.05, 0.1) is 24.1 Å². The summed E-state index contributed by atoms with van der Waals surface area (Å²) in [4.78, 5) is 14.2. The van der Waals surface area contributed by atoms with Crippen LogP contribution in [0.1, 0.15) is 24.9 Å². The molecular formula is C21H26N2O3S. The van der Waals surface area contributed by atoms with Crippen LogP contribution < -0.4 is 5.32 Å². The van der Waals surface area contributed by atoms with Crippen molar-refractivity contribution in [2.75, 3.05) is 25.1 Å². The first-order valence-corrected chi connectivity index (χ1v) is 11.0. The van der Waals surface area contributed by atoms with E-state index >= 15 is 0 Å². The summed E-state index contributed by atoms with van der Waals surface area (Å²) in [5.41, 5.74) is 3.34. The SMILES string of the molecule is CC(NC(=O)CN(C)C1CCS(=O)(=O)C1)c1ccc(-c2ccccc2)cc1. The fourth-order valence-corrected chi connectivity index (χ4v) is 5.25. The molecule has 6 heteroatoms. The van der Waals surface area contributed by atoms with Crippen molar-refractivity contribution >= 4 is 15.7 Å². The number of hydrogen-bond donors (Lipinski definition) is 1. The highest BCUT2D eigenvalue weighted by Crippen LogP contribution is 2.22. The van der Waals surface area contributed by atoms with Gasteiger partial charge in [-0.05, 0) is 37.1 Å². The lowest BCUT2D eigenvalue weighted by atomic mass is 10.0. The maximum absolute atomic E-state index is 12.3. The zero-order valence-electron chi connectivity index (χ0n) is 15.8. The normalized spacial score (nSPS) is 19.7. The molecule has 2 aromatic carbocycles. The number of amides is 1. The molecule has 1 heterocycles. The summed E-state index contributed by atoms with van der Waals surface area (Å²) in [6, 6.07) is 18.2. The Morgan fingerprint density at radius 3 is 2.33 bits per heavy atom. The monoisotopic (exact) mass is 386 g/mol. The summed E-state index contributed by atoms with van der Waals surface area (Å²) in [6.07, 6.45) is 0.600. The van der Waals surface area contributed by atoms with Gasteiger partial charge in [-0.2, -0.15) is 0 Å². The van der Waals surface area contributed by atoms with Crippen LogP contribution in [0.4, 0.5) is 0 Å². The standard InChI is InChI=1S/C21H26N2O3S/c1-16(17-8-10-19(11-9-17)18-6-4-3-5-7-18)22-21(24)14-23(2)20-12-13-27(25,26)15-20/h3-11,16,20H,12-15H2,1-2H3,(H,22,24). The van der Waals surface area contributed by atoms with Crippen molar-refractivity contribution in [3.05, 3.63) is 60.2 Å². The van der Waals surface area contributed by atoms with Crippen molar-refractivity contribution in [3.8, 4) is 11.1 Å². The number of rotatable bonds is 6. The third-order valence-electron chi connectivity index (χ3n) is 5.12. The van der Waals surface area contributed by atoms with Gasteiger partial charge in [-0.25, -0.2) is 8.42 Å². The average molecular weight is 387 g/mol. The van der Waals surface area contributed by atoms with E-state index in [1.165, 1.54) is 0 Å². The molecule has 1 saturated heterocycles. The summed E-state index contributed by atoms with van der Waals surface area (Å²) < 4.78 is 23.2. The zero-order chi connectivity index (χ0) is 19.4. The second-order valence-corrected chi connectivity index (χ2v) is 9.48. The first kappa shape index (κ1) is 19.6. The van der Waals surface area contributed by atoms with Gasteiger partial charge in [-0.1, -0.05) is 54.6 Å². The molecule has 144 valence electrons. The minimum absolute atomic E-state index is 0.0683. The Hall–Kier alpha value is -2.18. The predicted molar refractivity (Wildman–Crippen MR) is 108 cm³/mol. The van der Waals surface area contributed by atoms with Crippen LogP contribution in [0.25, 0.3) is 11.1 Å². The maximum atomic E-state index is 12.3. The molecule has 1 N–H and O–H groups in total. The van der Waals surface area contributed by atoms with Crippen LogP contribution in [0, 0.1) is 0 Å². The number of benzene rings is 2. The van der Waals surface area contributed by atoms with Crippen LogP contribution >= 0.6 is 0 Å². The Labute approximate surface area is 161 Å². The summed E-state index contributed by atoms with van der Waals surface area (Å²) in [5.74, 6) is 0.266. The number of nitrogens with one attached hydrogen (secondary N) is 1. The van der Waals surface area contributed by atoms with Crippen molar-refractivity contribution in [2.45, 2.75) is 25.4 Å². The Kier molecular flexibility index (Phi) is 5.97. The largest absolute Gasteiger partial charge is 0.348 e. The van der Waals surface area contributed by atoms with Crippen molar-refractivity contribution in [3.63, 3.8) is 0 Å². The number of sulfone groups is 1. The van der Waals surface area contributed by atoms with Gasteiger partial charge in [0, 0.05) is 6.04 Å². The Balaban J connectivity index is 1.55. The van der Waals surface area contributed by atoms with Crippen LogP contribution in [0.2, 0.25) is 0 Å². The topological polar surface area (TPSA) is 66.5 Å². The van der Waals surface area contributed by atoms with Gasteiger partial charge in [0.15, 0.2) is 9.84 Å². The Bertz CT molecular complexity index is 879. The Morgan fingerprint density at radius 2 is 1.74 bits per heavy atom. The number of carbonyl (C=O) groups is 1. The smallest absolute Gasteiger partial charge is 0.234 e. The molecule has 1 aliphatic rings. The zero-order valence-corrected chi connectivity index (χ0v) is 16.6. The molecule has 2 atom stereocenters. The highest BCUT2D eigenvalue weighted by molar-refractivity contribution is 7.91. The molecule has 0 radical (unpaired) electrons. The lowest BCUT2D eigenvalue weighted by Crippen LogP contribution is -2.41. The fourth-order valence-electron chi connectivity index (χ4n) is 3.44. The van der Waals surface area contributed by atoms with E-state index in [9.17, 15) is 13.2 Å². The van der Waals surface area contributed by atoms with E-state index < -0.39 is 9.84 Å². The maximum Gasteiger partial charge on any atom is 0.234 e. The second kappa shape index (κ2) is 8.23. The molecule has 27 heavy (non-hydrogen) atoms. The summed E-state index contributed by atoms with van der Waals surface area (Å²) in [7, 11) is -1.13. The van der Waals surface area contributed by atoms with Crippen LogP contribution in [0.3, 0.4) is 0 Å². The molecule has 1 amide bonds. The van der Waals surface area contributed by atoms with E-state index in [2.05, 4.69) is 29.6 Å². The van der Waals surface area contributed by atoms with E-state index in [4.69, 9.17) is 0 Å². The van der Waals surface area contributed by atoms with E-state index in [-0.39, 0.29) is 36.0 Å². The fraction of sp³-hybridized carbons (Fsp3) is 0.381. The lowest BCUT2D eigenvalue weighted by Gasteiger charge is -2.23. The summed E-state index contributed by atoms with van der Waals surface area (Å²) >= 11 is 0. The van der Waals surface area contributed by atoms with E-state index in [1.807, 2.05) is 49.2 Å². The van der Waals surface area contributed by atoms with E-state index in [0.29, 0.717) is 6.42 Å². The average Bonchev–Trinajstić information content (AvgIpc) is 3.02. The minimum atomic E-state index is -2.94. The molecule has 1 fully saturated rings. The highest BCUT2D eigenvalue weighted by atomic mass is 32.2. The van der Waals surface area contributed by atoms with Crippen molar-refractivity contribution in [1.82, 2.24) is 10.2 Å². The molecule has 2 aromatic rings. The molecule has 2 unspecified atom stereocenters. The first-order chi connectivity index (χ1) is 12.8. The third kappa shape index (κ3) is 5.17. The van der Waals surface area contributed by atoms with Crippen LogP contribution in [-0.2, 0) is 14.6 Å². The van der Waals surface area contributed by atoms with Gasteiger partial charge in [-0.15, -0.1) is 0 Å². The molecule has 0 aliphatic carbocycles. The molecule has 0 aromatic heterocycles. The second-order valence-electron chi connectivity index (χ2n) is 7.25. The van der Waals surface area contributed by atoms with Gasteiger partial charge in [0.2, 0.25) is 5.91 Å². The first-order valence-electron chi connectivity index (χ1n) is 9.19. The van der Waals surface area contributed by atoms with Crippen molar-refractivity contribution in [2.24, 2.45) is 0 Å². The Morgan fingerprint density at radius 1 is 1.11 bits per heavy atom. The lowest BCUT2D eigenvalue weighted by molar-refractivity contribution is -0.123. The van der Waals surface area contributed by atoms with Crippen LogP contribution in [0.15, 0.2) is 54.6 Å². The predicted octanol–water partition coefficient (Wildman–Crippen LogP) is 2.65. The molecular weight excluding hydrogens is 360 g/mol. The van der Waals surface area contributed by atoms with Gasteiger partial charge < -0.3 is 5.32 Å². The van der Waals surface area contributed by atoms with Crippen LogP contribution in [0.5, 0.6) is 0 Å². The quantitative estimate of drug-likeness (QED) is 0.829.